The first kappa shape index (κ1) is 10.4. The van der Waals surface area contributed by atoms with Gasteiger partial charge >= 0.3 is 5.97 Å². The standard InChI is InChI=1S/C8H14O5/c1-4-6(10)5(3-9)13-7(4)8(11)12-2/h4-7,9-10H,3H2,1-2H3/t4-,5-,6+,7+/m1/s1. The molecule has 1 fully saturated rings. The minimum Gasteiger partial charge on any atom is -0.467 e. The predicted molar refractivity (Wildman–Crippen MR) is 42.9 cm³/mol. The van der Waals surface area contributed by atoms with Crippen molar-refractivity contribution in [3.05, 3.63) is 0 Å². The highest BCUT2D eigenvalue weighted by Crippen LogP contribution is 2.27. The van der Waals surface area contributed by atoms with E-state index in [1.54, 1.807) is 6.92 Å². The fourth-order valence-electron chi connectivity index (χ4n) is 1.45. The van der Waals surface area contributed by atoms with E-state index in [1.807, 2.05) is 0 Å². The normalized spacial score (nSPS) is 39.1. The molecule has 4 atom stereocenters. The molecule has 0 bridgehead atoms. The fraction of sp³-hybridized carbons (Fsp3) is 0.875. The number of hydrogen-bond acceptors (Lipinski definition) is 5. The molecule has 0 spiro atoms. The first-order valence-corrected chi connectivity index (χ1v) is 4.14. The van der Waals surface area contributed by atoms with Crippen LogP contribution in [0.4, 0.5) is 0 Å². The van der Waals surface area contributed by atoms with Crippen LogP contribution in [0.3, 0.4) is 0 Å². The predicted octanol–water partition coefficient (Wildman–Crippen LogP) is -1.08. The molecule has 0 radical (unpaired) electrons. The number of ether oxygens (including phenoxy) is 2. The molecule has 0 aromatic rings. The molecule has 0 aromatic carbocycles. The largest absolute Gasteiger partial charge is 0.467 e. The summed E-state index contributed by atoms with van der Waals surface area (Å²) in [4.78, 5) is 11.1. The first-order chi connectivity index (χ1) is 6.11. The summed E-state index contributed by atoms with van der Waals surface area (Å²) < 4.78 is 9.60. The Kier molecular flexibility index (Phi) is 3.24. The van der Waals surface area contributed by atoms with Gasteiger partial charge in [-0.15, -0.1) is 0 Å². The van der Waals surface area contributed by atoms with Gasteiger partial charge in [0.15, 0.2) is 6.10 Å². The van der Waals surface area contributed by atoms with E-state index >= 15 is 0 Å². The zero-order valence-electron chi connectivity index (χ0n) is 7.64. The summed E-state index contributed by atoms with van der Waals surface area (Å²) in [6, 6.07) is 0. The maximum atomic E-state index is 11.1. The molecular formula is C8H14O5. The summed E-state index contributed by atoms with van der Waals surface area (Å²) in [6.45, 7) is 1.39. The first-order valence-electron chi connectivity index (χ1n) is 4.14. The quantitative estimate of drug-likeness (QED) is 0.541. The van der Waals surface area contributed by atoms with Gasteiger partial charge in [0, 0.05) is 5.92 Å². The van der Waals surface area contributed by atoms with Crippen molar-refractivity contribution in [3.63, 3.8) is 0 Å². The summed E-state index contributed by atoms with van der Waals surface area (Å²) in [5.41, 5.74) is 0. The van der Waals surface area contributed by atoms with Gasteiger partial charge < -0.3 is 19.7 Å². The Balaban J connectivity index is 2.65. The third-order valence-electron chi connectivity index (χ3n) is 2.33. The van der Waals surface area contributed by atoms with E-state index in [-0.39, 0.29) is 12.5 Å². The minimum atomic E-state index is -0.811. The van der Waals surface area contributed by atoms with Crippen LogP contribution in [0.15, 0.2) is 0 Å². The Bertz CT molecular complexity index is 193. The van der Waals surface area contributed by atoms with Crippen molar-refractivity contribution in [1.29, 1.82) is 0 Å². The molecule has 1 saturated heterocycles. The van der Waals surface area contributed by atoms with Crippen molar-refractivity contribution in [2.24, 2.45) is 5.92 Å². The lowest BCUT2D eigenvalue weighted by atomic mass is 9.99. The molecule has 2 N–H and O–H groups in total. The van der Waals surface area contributed by atoms with Gasteiger partial charge in [-0.25, -0.2) is 4.79 Å². The van der Waals surface area contributed by atoms with Crippen LogP contribution in [0.25, 0.3) is 0 Å². The zero-order valence-corrected chi connectivity index (χ0v) is 7.64. The molecular weight excluding hydrogens is 176 g/mol. The number of rotatable bonds is 2. The zero-order chi connectivity index (χ0) is 10.0. The van der Waals surface area contributed by atoms with Crippen LogP contribution in [0, 0.1) is 5.92 Å². The van der Waals surface area contributed by atoms with Gasteiger partial charge in [0.05, 0.1) is 19.8 Å². The Hall–Kier alpha value is -0.650. The van der Waals surface area contributed by atoms with E-state index in [4.69, 9.17) is 9.84 Å². The molecule has 1 aliphatic heterocycles. The Morgan fingerprint density at radius 3 is 2.62 bits per heavy atom. The molecule has 0 unspecified atom stereocenters. The van der Waals surface area contributed by atoms with Gasteiger partial charge in [0.2, 0.25) is 0 Å². The van der Waals surface area contributed by atoms with Crippen molar-refractivity contribution in [1.82, 2.24) is 0 Å². The van der Waals surface area contributed by atoms with Crippen LogP contribution < -0.4 is 0 Å². The summed E-state index contributed by atoms with van der Waals surface area (Å²) in [6.07, 6.45) is -2.26. The van der Waals surface area contributed by atoms with Crippen molar-refractivity contribution in [3.8, 4) is 0 Å². The van der Waals surface area contributed by atoms with Crippen LogP contribution in [0.2, 0.25) is 0 Å². The van der Waals surface area contributed by atoms with E-state index in [1.165, 1.54) is 7.11 Å². The monoisotopic (exact) mass is 190 g/mol. The molecule has 13 heavy (non-hydrogen) atoms. The van der Waals surface area contributed by atoms with E-state index < -0.39 is 24.3 Å². The highest BCUT2D eigenvalue weighted by atomic mass is 16.6. The number of esters is 1. The third-order valence-corrected chi connectivity index (χ3v) is 2.33. The topological polar surface area (TPSA) is 76.0 Å². The fourth-order valence-corrected chi connectivity index (χ4v) is 1.45. The van der Waals surface area contributed by atoms with Crippen molar-refractivity contribution < 1.29 is 24.5 Å². The van der Waals surface area contributed by atoms with Crippen molar-refractivity contribution >= 4 is 5.97 Å². The highest BCUT2D eigenvalue weighted by molar-refractivity contribution is 5.75. The van der Waals surface area contributed by atoms with E-state index in [2.05, 4.69) is 4.74 Å². The maximum Gasteiger partial charge on any atom is 0.335 e. The van der Waals surface area contributed by atoms with Crippen LogP contribution in [-0.2, 0) is 14.3 Å². The number of aliphatic hydroxyl groups is 2. The van der Waals surface area contributed by atoms with Gasteiger partial charge in [-0.2, -0.15) is 0 Å². The van der Waals surface area contributed by atoms with Gasteiger partial charge in [0.25, 0.3) is 0 Å². The van der Waals surface area contributed by atoms with Crippen LogP contribution in [0.5, 0.6) is 0 Å². The number of aliphatic hydroxyl groups excluding tert-OH is 2. The second kappa shape index (κ2) is 4.04. The van der Waals surface area contributed by atoms with Crippen molar-refractivity contribution in [2.45, 2.75) is 25.2 Å². The molecule has 0 amide bonds. The van der Waals surface area contributed by atoms with E-state index in [0.29, 0.717) is 0 Å². The van der Waals surface area contributed by atoms with Gasteiger partial charge in [0.1, 0.15) is 6.10 Å². The number of carbonyl (C=O) groups is 1. The molecule has 76 valence electrons. The average Bonchev–Trinajstić information content (AvgIpc) is 2.43. The summed E-state index contributed by atoms with van der Waals surface area (Å²) in [7, 11) is 1.26. The molecule has 1 aliphatic rings. The lowest BCUT2D eigenvalue weighted by molar-refractivity contribution is -0.155. The second-order valence-corrected chi connectivity index (χ2v) is 3.15. The lowest BCUT2D eigenvalue weighted by Crippen LogP contribution is -2.30. The Morgan fingerprint density at radius 2 is 2.23 bits per heavy atom. The number of methoxy groups -OCH3 is 1. The molecule has 0 saturated carbocycles. The summed E-state index contributed by atoms with van der Waals surface area (Å²) >= 11 is 0. The summed E-state index contributed by atoms with van der Waals surface area (Å²) in [5, 5.41) is 18.3. The highest BCUT2D eigenvalue weighted by Gasteiger charge is 2.44. The molecule has 1 heterocycles. The van der Waals surface area contributed by atoms with E-state index in [9.17, 15) is 9.90 Å². The van der Waals surface area contributed by atoms with Crippen LogP contribution in [0.1, 0.15) is 6.92 Å². The van der Waals surface area contributed by atoms with Crippen molar-refractivity contribution in [2.75, 3.05) is 13.7 Å². The summed E-state index contributed by atoms with van der Waals surface area (Å²) in [5.74, 6) is -0.855. The number of hydrogen-bond donors (Lipinski definition) is 2. The Morgan fingerprint density at radius 1 is 1.62 bits per heavy atom. The van der Waals surface area contributed by atoms with Gasteiger partial charge in [-0.1, -0.05) is 6.92 Å². The van der Waals surface area contributed by atoms with Crippen LogP contribution in [-0.4, -0.2) is 48.2 Å². The SMILES string of the molecule is COC(=O)[C@H]1O[C@H](CO)[C@@H](O)[C@H]1C. The molecule has 1 rings (SSSR count). The minimum absolute atomic E-state index is 0.293. The lowest BCUT2D eigenvalue weighted by Gasteiger charge is -2.12. The smallest absolute Gasteiger partial charge is 0.335 e. The van der Waals surface area contributed by atoms with Gasteiger partial charge in [-0.05, 0) is 0 Å². The Labute approximate surface area is 76.3 Å². The molecule has 5 nitrogen and oxygen atoms in total. The second-order valence-electron chi connectivity index (χ2n) is 3.15. The number of carbonyl (C=O) groups excluding carboxylic acids is 1. The van der Waals surface area contributed by atoms with Crippen LogP contribution >= 0.6 is 0 Å². The maximum absolute atomic E-state index is 11.1. The third kappa shape index (κ3) is 1.82. The van der Waals surface area contributed by atoms with E-state index in [0.717, 1.165) is 0 Å². The van der Waals surface area contributed by atoms with Gasteiger partial charge in [-0.3, -0.25) is 0 Å². The average molecular weight is 190 g/mol. The molecule has 5 heteroatoms. The molecule has 0 aromatic heterocycles. The molecule has 0 aliphatic carbocycles.